The van der Waals surface area contributed by atoms with Gasteiger partial charge >= 0.3 is 5.97 Å². The fourth-order valence-corrected chi connectivity index (χ4v) is 1.61. The molecule has 4 nitrogen and oxygen atoms in total. The van der Waals surface area contributed by atoms with Crippen LogP contribution in [0.15, 0.2) is 0 Å². The molecule has 0 aliphatic heterocycles. The Morgan fingerprint density at radius 3 is 2.53 bits per heavy atom. The largest absolute Gasteiger partial charge is 0.468 e. The van der Waals surface area contributed by atoms with Gasteiger partial charge in [-0.05, 0) is 27.3 Å². The van der Waals surface area contributed by atoms with Gasteiger partial charge in [-0.25, -0.2) is 0 Å². The standard InChI is InChI=1S/C11H24N2O2/c1-6-7-9(2)13(4)8-11(3,12)10(14)15-5/h9H,6-8,12H2,1-5H3. The van der Waals surface area contributed by atoms with Gasteiger partial charge in [-0.3, -0.25) is 4.79 Å². The highest BCUT2D eigenvalue weighted by atomic mass is 16.5. The van der Waals surface area contributed by atoms with E-state index in [1.807, 2.05) is 7.05 Å². The zero-order chi connectivity index (χ0) is 12.1. The van der Waals surface area contributed by atoms with Crippen LogP contribution in [0.3, 0.4) is 0 Å². The van der Waals surface area contributed by atoms with E-state index in [4.69, 9.17) is 5.73 Å². The molecule has 90 valence electrons. The summed E-state index contributed by atoms with van der Waals surface area (Å²) >= 11 is 0. The van der Waals surface area contributed by atoms with Crippen LogP contribution < -0.4 is 5.73 Å². The molecule has 0 aliphatic rings. The lowest BCUT2D eigenvalue weighted by molar-refractivity contribution is -0.147. The van der Waals surface area contributed by atoms with E-state index in [1.165, 1.54) is 7.11 Å². The number of nitrogens with zero attached hydrogens (tertiary/aromatic N) is 1. The number of likely N-dealkylation sites (N-methyl/N-ethyl adjacent to an activating group) is 1. The van der Waals surface area contributed by atoms with Gasteiger partial charge in [0, 0.05) is 12.6 Å². The lowest BCUT2D eigenvalue weighted by Gasteiger charge is -2.31. The van der Waals surface area contributed by atoms with Crippen LogP contribution in [0.5, 0.6) is 0 Å². The van der Waals surface area contributed by atoms with Crippen LogP contribution >= 0.6 is 0 Å². The van der Waals surface area contributed by atoms with Crippen LogP contribution in [0, 0.1) is 0 Å². The Labute approximate surface area is 92.8 Å². The van der Waals surface area contributed by atoms with Crippen LogP contribution in [0.4, 0.5) is 0 Å². The monoisotopic (exact) mass is 216 g/mol. The van der Waals surface area contributed by atoms with Crippen molar-refractivity contribution in [3.05, 3.63) is 0 Å². The molecular weight excluding hydrogens is 192 g/mol. The number of methoxy groups -OCH3 is 1. The quantitative estimate of drug-likeness (QED) is 0.673. The highest BCUT2D eigenvalue weighted by Crippen LogP contribution is 2.10. The summed E-state index contributed by atoms with van der Waals surface area (Å²) in [6, 6.07) is 0.433. The van der Waals surface area contributed by atoms with Crippen molar-refractivity contribution in [3.8, 4) is 0 Å². The number of nitrogens with two attached hydrogens (primary N) is 1. The van der Waals surface area contributed by atoms with Gasteiger partial charge in [0.2, 0.25) is 0 Å². The maximum Gasteiger partial charge on any atom is 0.326 e. The minimum atomic E-state index is -0.925. The van der Waals surface area contributed by atoms with Crippen molar-refractivity contribution in [2.75, 3.05) is 20.7 Å². The van der Waals surface area contributed by atoms with Gasteiger partial charge in [0.1, 0.15) is 5.54 Å². The predicted octanol–water partition coefficient (Wildman–Crippen LogP) is 0.997. The van der Waals surface area contributed by atoms with Crippen LogP contribution in [0.25, 0.3) is 0 Å². The summed E-state index contributed by atoms with van der Waals surface area (Å²) in [6.45, 7) is 6.50. The maximum atomic E-state index is 11.4. The van der Waals surface area contributed by atoms with Crippen molar-refractivity contribution in [2.24, 2.45) is 5.73 Å². The molecule has 0 aliphatic carbocycles. The molecule has 0 aromatic carbocycles. The van der Waals surface area contributed by atoms with Gasteiger partial charge in [0.25, 0.3) is 0 Å². The van der Waals surface area contributed by atoms with Crippen molar-refractivity contribution >= 4 is 5.97 Å². The summed E-state index contributed by atoms with van der Waals surface area (Å²) < 4.78 is 4.66. The molecular formula is C11H24N2O2. The second-order valence-corrected chi connectivity index (χ2v) is 4.46. The third-order valence-electron chi connectivity index (χ3n) is 2.69. The molecule has 0 spiro atoms. The molecule has 2 N–H and O–H groups in total. The normalized spacial score (nSPS) is 17.3. The Kier molecular flexibility index (Phi) is 5.83. The first-order valence-corrected chi connectivity index (χ1v) is 5.42. The number of ether oxygens (including phenoxy) is 1. The second-order valence-electron chi connectivity index (χ2n) is 4.46. The summed E-state index contributed by atoms with van der Waals surface area (Å²) in [5, 5.41) is 0. The fourth-order valence-electron chi connectivity index (χ4n) is 1.61. The average molecular weight is 216 g/mol. The molecule has 0 radical (unpaired) electrons. The molecule has 0 fully saturated rings. The third kappa shape index (κ3) is 4.62. The van der Waals surface area contributed by atoms with Gasteiger partial charge in [-0.15, -0.1) is 0 Å². The predicted molar refractivity (Wildman–Crippen MR) is 61.6 cm³/mol. The van der Waals surface area contributed by atoms with Gasteiger partial charge < -0.3 is 15.4 Å². The molecule has 4 heteroatoms. The number of hydrogen-bond acceptors (Lipinski definition) is 4. The Morgan fingerprint density at radius 1 is 1.60 bits per heavy atom. The number of carbonyl (C=O) groups excluding carboxylic acids is 1. The second kappa shape index (κ2) is 6.08. The highest BCUT2D eigenvalue weighted by molar-refractivity contribution is 5.80. The molecule has 0 saturated heterocycles. The molecule has 0 aromatic rings. The Balaban J connectivity index is 4.26. The van der Waals surface area contributed by atoms with Gasteiger partial charge in [0.05, 0.1) is 7.11 Å². The Morgan fingerprint density at radius 2 is 2.13 bits per heavy atom. The van der Waals surface area contributed by atoms with Crippen LogP contribution in [0.1, 0.15) is 33.6 Å². The number of esters is 1. The SMILES string of the molecule is CCCC(C)N(C)CC(C)(N)C(=O)OC. The molecule has 0 bridgehead atoms. The number of carbonyl (C=O) groups is 1. The van der Waals surface area contributed by atoms with Crippen molar-refractivity contribution in [2.45, 2.75) is 45.2 Å². The zero-order valence-corrected chi connectivity index (χ0v) is 10.5. The first kappa shape index (κ1) is 14.4. The minimum Gasteiger partial charge on any atom is -0.468 e. The molecule has 2 atom stereocenters. The fraction of sp³-hybridized carbons (Fsp3) is 0.909. The van der Waals surface area contributed by atoms with E-state index in [0.29, 0.717) is 12.6 Å². The van der Waals surface area contributed by atoms with E-state index in [2.05, 4.69) is 23.5 Å². The van der Waals surface area contributed by atoms with Crippen molar-refractivity contribution in [1.82, 2.24) is 4.90 Å². The van der Waals surface area contributed by atoms with Crippen molar-refractivity contribution in [3.63, 3.8) is 0 Å². The van der Waals surface area contributed by atoms with Crippen LogP contribution in [-0.4, -0.2) is 43.2 Å². The average Bonchev–Trinajstić information content (AvgIpc) is 2.16. The lowest BCUT2D eigenvalue weighted by atomic mass is 10.0. The summed E-state index contributed by atoms with van der Waals surface area (Å²) in [5.41, 5.74) is 4.96. The van der Waals surface area contributed by atoms with E-state index in [0.717, 1.165) is 12.8 Å². The smallest absolute Gasteiger partial charge is 0.326 e. The molecule has 0 rings (SSSR count). The number of rotatable bonds is 6. The van der Waals surface area contributed by atoms with E-state index in [-0.39, 0.29) is 5.97 Å². The minimum absolute atomic E-state index is 0.363. The molecule has 2 unspecified atom stereocenters. The van der Waals surface area contributed by atoms with E-state index < -0.39 is 5.54 Å². The topological polar surface area (TPSA) is 55.6 Å². The number of hydrogen-bond donors (Lipinski definition) is 1. The molecule has 0 saturated carbocycles. The van der Waals surface area contributed by atoms with Crippen LogP contribution in [-0.2, 0) is 9.53 Å². The molecule has 15 heavy (non-hydrogen) atoms. The first-order chi connectivity index (χ1) is 6.85. The molecule has 0 aromatic heterocycles. The Bertz CT molecular complexity index is 205. The van der Waals surface area contributed by atoms with Gasteiger partial charge in [0.15, 0.2) is 0 Å². The Hall–Kier alpha value is -0.610. The van der Waals surface area contributed by atoms with Crippen molar-refractivity contribution in [1.29, 1.82) is 0 Å². The molecule has 0 amide bonds. The summed E-state index contributed by atoms with van der Waals surface area (Å²) in [6.07, 6.45) is 2.23. The third-order valence-corrected chi connectivity index (χ3v) is 2.69. The summed E-state index contributed by atoms with van der Waals surface area (Å²) in [7, 11) is 3.34. The van der Waals surface area contributed by atoms with Gasteiger partial charge in [-0.1, -0.05) is 13.3 Å². The van der Waals surface area contributed by atoms with E-state index in [1.54, 1.807) is 6.92 Å². The zero-order valence-electron chi connectivity index (χ0n) is 10.5. The van der Waals surface area contributed by atoms with Crippen molar-refractivity contribution < 1.29 is 9.53 Å². The highest BCUT2D eigenvalue weighted by Gasteiger charge is 2.31. The summed E-state index contributed by atoms with van der Waals surface area (Å²) in [5.74, 6) is -0.363. The van der Waals surface area contributed by atoms with Crippen LogP contribution in [0.2, 0.25) is 0 Å². The van der Waals surface area contributed by atoms with E-state index >= 15 is 0 Å². The maximum absolute atomic E-state index is 11.4. The van der Waals surface area contributed by atoms with Gasteiger partial charge in [-0.2, -0.15) is 0 Å². The van der Waals surface area contributed by atoms with E-state index in [9.17, 15) is 4.79 Å². The molecule has 0 heterocycles. The summed E-state index contributed by atoms with van der Waals surface area (Å²) in [4.78, 5) is 13.5. The lowest BCUT2D eigenvalue weighted by Crippen LogP contribution is -2.55. The first-order valence-electron chi connectivity index (χ1n) is 5.42.